The van der Waals surface area contributed by atoms with Crippen LogP contribution in [-0.4, -0.2) is 0 Å². The Morgan fingerprint density at radius 1 is 1.60 bits per heavy atom. The molecule has 0 aliphatic carbocycles. The molecule has 0 unspecified atom stereocenters. The van der Waals surface area contributed by atoms with E-state index in [-0.39, 0.29) is 0 Å². The van der Waals surface area contributed by atoms with Crippen molar-refractivity contribution in [1.29, 1.82) is 0 Å². The van der Waals surface area contributed by atoms with Gasteiger partial charge in [0.2, 0.25) is 0 Å². The second kappa shape index (κ2) is 3.35. The normalized spacial score (nSPS) is 8.80. The van der Waals surface area contributed by atoms with Gasteiger partial charge in [-0.2, -0.15) is 0 Å². The van der Waals surface area contributed by atoms with Crippen molar-refractivity contribution in [3.63, 3.8) is 0 Å². The second-order valence-corrected chi connectivity index (χ2v) is 0.595. The third kappa shape index (κ3) is 3.35. The monoisotopic (exact) mass is 65.0 g/mol. The maximum atomic E-state index is 6.35. The Kier molecular flexibility index (Phi) is 2.91. The zero-order chi connectivity index (χ0) is 4.12. The molecule has 0 N–H and O–H groups in total. The topological polar surface area (TPSA) is 0 Å². The van der Waals surface area contributed by atoms with Crippen LogP contribution in [0, 0.1) is 6.92 Å². The summed E-state index contributed by atoms with van der Waals surface area (Å²) in [5.74, 6) is 0. The number of allylic oxidation sites excluding steroid dienone is 3. The van der Waals surface area contributed by atoms with Crippen LogP contribution in [0.25, 0.3) is 0 Å². The van der Waals surface area contributed by atoms with Crippen LogP contribution in [0.5, 0.6) is 0 Å². The average molecular weight is 65.1 g/mol. The molecule has 0 nitrogen and oxygen atoms in total. The van der Waals surface area contributed by atoms with E-state index in [0.717, 1.165) is 0 Å². The maximum Gasteiger partial charge on any atom is 0.329 e. The minimum atomic E-state index is 1.19. The molecule has 0 heterocycles. The summed E-state index contributed by atoms with van der Waals surface area (Å²) in [4.78, 5) is 0. The summed E-state index contributed by atoms with van der Waals surface area (Å²) in [5.41, 5.74) is 0. The molecule has 0 aromatic rings. The Hall–Kier alpha value is -0.650. The van der Waals surface area contributed by atoms with Gasteiger partial charge in [-0.25, -0.2) is 0 Å². The smallest absolute Gasteiger partial charge is 0.0787 e. The molecule has 5 heavy (non-hydrogen) atoms. The summed E-state index contributed by atoms with van der Waals surface area (Å²) in [7, 11) is 0. The minimum absolute atomic E-state index is 1.19. The summed E-state index contributed by atoms with van der Waals surface area (Å²) < 4.78 is 0. The minimum Gasteiger partial charge on any atom is -0.0787 e. The van der Waals surface area contributed by atoms with E-state index >= 15 is 0 Å². The van der Waals surface area contributed by atoms with Crippen LogP contribution in [-0.2, 0) is 0 Å². The van der Waals surface area contributed by atoms with Gasteiger partial charge in [-0.05, 0) is 0 Å². The Balaban J connectivity index is 2.92. The van der Waals surface area contributed by atoms with Crippen LogP contribution < -0.4 is 0 Å². The van der Waals surface area contributed by atoms with Crippen LogP contribution in [0.15, 0.2) is 24.8 Å². The molecule has 0 atom stereocenters. The predicted molar refractivity (Wildman–Crippen MR) is 22.6 cm³/mol. The molecule has 0 aliphatic rings. The number of rotatable bonds is 1. The molecule has 0 saturated heterocycles. The molecule has 0 rings (SSSR count). The predicted octanol–water partition coefficient (Wildman–Crippen LogP) is 1.32. The molecule has 0 saturated carbocycles. The lowest BCUT2D eigenvalue weighted by Gasteiger charge is -1.40. The first-order chi connectivity index (χ1) is 2.41. The van der Waals surface area contributed by atoms with Crippen LogP contribution in [0.3, 0.4) is 0 Å². The van der Waals surface area contributed by atoms with Gasteiger partial charge in [0.1, 0.15) is 0 Å². The van der Waals surface area contributed by atoms with Crippen molar-refractivity contribution in [3.8, 4) is 0 Å². The molecule has 0 spiro atoms. The van der Waals surface area contributed by atoms with Crippen molar-refractivity contribution in [2.45, 2.75) is 0 Å². The van der Waals surface area contributed by atoms with E-state index in [4.69, 9.17) is 6.92 Å². The van der Waals surface area contributed by atoms with Gasteiger partial charge in [-0.1, -0.05) is 6.58 Å². The fourth-order valence-corrected chi connectivity index (χ4v) is 0.0680. The van der Waals surface area contributed by atoms with Gasteiger partial charge in [0.15, 0.2) is 6.08 Å². The molecule has 0 heteroatoms. The van der Waals surface area contributed by atoms with Crippen molar-refractivity contribution in [1.82, 2.24) is 0 Å². The summed E-state index contributed by atoms with van der Waals surface area (Å²) in [6.07, 6.45) is 4.31. The first-order valence-electron chi connectivity index (χ1n) is 1.36. The Bertz CT molecular complexity index is 42.0. The third-order valence-electron chi connectivity index (χ3n) is 0.232. The van der Waals surface area contributed by atoms with E-state index < -0.39 is 0 Å². The highest BCUT2D eigenvalue weighted by Gasteiger charge is 1.60. The molecular formula is C5H5+. The zero-order valence-electron chi connectivity index (χ0n) is 2.94. The fraction of sp³-hybridized carbons (Fsp3) is 0. The summed E-state index contributed by atoms with van der Waals surface area (Å²) in [6, 6.07) is 0. The summed E-state index contributed by atoms with van der Waals surface area (Å²) in [6.45, 7) is 9.69. The van der Waals surface area contributed by atoms with Crippen LogP contribution in [0.2, 0.25) is 0 Å². The van der Waals surface area contributed by atoms with Crippen molar-refractivity contribution in [2.75, 3.05) is 0 Å². The Morgan fingerprint density at radius 3 is 2.20 bits per heavy atom. The van der Waals surface area contributed by atoms with E-state index in [1.54, 1.807) is 12.2 Å². The lowest BCUT2D eigenvalue weighted by molar-refractivity contribution is 1.99. The van der Waals surface area contributed by atoms with E-state index in [1.165, 1.54) is 6.08 Å². The lowest BCUT2D eigenvalue weighted by Crippen LogP contribution is -1.34. The van der Waals surface area contributed by atoms with Gasteiger partial charge in [0.25, 0.3) is 0 Å². The van der Waals surface area contributed by atoms with E-state index in [0.29, 0.717) is 0 Å². The number of hydrogen-bond acceptors (Lipinski definition) is 0. The first kappa shape index (κ1) is 4.35. The maximum absolute atomic E-state index is 6.35. The molecule has 0 fully saturated rings. The van der Waals surface area contributed by atoms with E-state index in [1.807, 2.05) is 0 Å². The highest BCUT2D eigenvalue weighted by atomic mass is 13.5. The van der Waals surface area contributed by atoms with Gasteiger partial charge in [-0.15, -0.1) is 0 Å². The molecule has 2 radical (unpaired) electrons. The van der Waals surface area contributed by atoms with Crippen molar-refractivity contribution >= 4 is 0 Å². The van der Waals surface area contributed by atoms with E-state index in [2.05, 4.69) is 6.58 Å². The molecule has 0 aliphatic heterocycles. The quantitative estimate of drug-likeness (QED) is 0.319. The SMILES string of the molecule is [C+]/C=C\C=C. The van der Waals surface area contributed by atoms with Crippen molar-refractivity contribution < 1.29 is 0 Å². The lowest BCUT2D eigenvalue weighted by atomic mass is 10.5. The van der Waals surface area contributed by atoms with Gasteiger partial charge >= 0.3 is 6.92 Å². The number of hydrogen-bond donors (Lipinski definition) is 0. The third-order valence-corrected chi connectivity index (χ3v) is 0.232. The zero-order valence-corrected chi connectivity index (χ0v) is 2.94. The molecule has 0 amide bonds. The molecule has 24 valence electrons. The molecular weight excluding hydrogens is 60.1 g/mol. The van der Waals surface area contributed by atoms with Gasteiger partial charge in [-0.3, -0.25) is 0 Å². The average Bonchev–Trinajstić information content (AvgIpc) is 1.41. The molecule has 0 bridgehead atoms. The first-order valence-corrected chi connectivity index (χ1v) is 1.36. The van der Waals surface area contributed by atoms with Crippen LogP contribution >= 0.6 is 0 Å². The van der Waals surface area contributed by atoms with Crippen molar-refractivity contribution in [2.24, 2.45) is 0 Å². The Labute approximate surface area is 32.8 Å². The second-order valence-electron chi connectivity index (χ2n) is 0.595. The molecule has 0 aromatic heterocycles. The van der Waals surface area contributed by atoms with Crippen molar-refractivity contribution in [3.05, 3.63) is 31.7 Å². The van der Waals surface area contributed by atoms with Gasteiger partial charge in [0, 0.05) is 6.08 Å². The highest BCUT2D eigenvalue weighted by Crippen LogP contribution is 1.63. The van der Waals surface area contributed by atoms with Gasteiger partial charge < -0.3 is 0 Å². The standard InChI is InChI=1S/C5H5/c1-3-5-4-2/h3-5H,1H2/q+1/b5-4-. The summed E-state index contributed by atoms with van der Waals surface area (Å²) >= 11 is 0. The van der Waals surface area contributed by atoms with Crippen LogP contribution in [0.4, 0.5) is 0 Å². The Morgan fingerprint density at radius 2 is 2.20 bits per heavy atom. The summed E-state index contributed by atoms with van der Waals surface area (Å²) in [5, 5.41) is 0. The van der Waals surface area contributed by atoms with Gasteiger partial charge in [0.05, 0.1) is 6.08 Å². The highest BCUT2D eigenvalue weighted by molar-refractivity contribution is 4.98. The van der Waals surface area contributed by atoms with E-state index in [9.17, 15) is 0 Å². The molecule has 0 aromatic carbocycles. The fourth-order valence-electron chi connectivity index (χ4n) is 0.0680. The van der Waals surface area contributed by atoms with Crippen LogP contribution in [0.1, 0.15) is 0 Å². The largest absolute Gasteiger partial charge is 0.329 e.